The first-order chi connectivity index (χ1) is 13.2. The fraction of sp³-hybridized carbons (Fsp3) is 0.381. The molecule has 1 aliphatic heterocycles. The first-order valence-corrected chi connectivity index (χ1v) is 9.58. The van der Waals surface area contributed by atoms with Gasteiger partial charge in [0.25, 0.3) is 5.91 Å². The quantitative estimate of drug-likeness (QED) is 0.721. The van der Waals surface area contributed by atoms with Crippen LogP contribution in [-0.2, 0) is 12.8 Å². The second-order valence-corrected chi connectivity index (χ2v) is 7.52. The van der Waals surface area contributed by atoms with E-state index in [9.17, 15) is 10.1 Å². The Labute approximate surface area is 169 Å². The Kier molecular flexibility index (Phi) is 4.64. The number of benzene rings is 1. The van der Waals surface area contributed by atoms with Crippen LogP contribution in [0.1, 0.15) is 40.7 Å². The van der Waals surface area contributed by atoms with Gasteiger partial charge in [-0.25, -0.2) is 4.98 Å². The Balaban J connectivity index is 0.00000192. The monoisotopic (exact) mass is 395 g/mol. The fourth-order valence-electron chi connectivity index (χ4n) is 4.76. The molecule has 2 aliphatic rings. The number of pyridine rings is 1. The summed E-state index contributed by atoms with van der Waals surface area (Å²) in [6.45, 7) is 1.70. The molecule has 0 spiro atoms. The van der Waals surface area contributed by atoms with Gasteiger partial charge in [-0.05, 0) is 55.4 Å². The highest BCUT2D eigenvalue weighted by atomic mass is 35.5. The number of nitriles is 1. The van der Waals surface area contributed by atoms with Crippen molar-refractivity contribution >= 4 is 40.8 Å². The summed E-state index contributed by atoms with van der Waals surface area (Å²) in [4.78, 5) is 19.5. The Hall–Kier alpha value is -2.78. The first kappa shape index (κ1) is 18.6. The molecule has 1 aromatic carbocycles. The predicted octanol–water partition coefficient (Wildman–Crippen LogP) is 3.24. The number of hydrogen-bond acceptors (Lipinski definition) is 4. The molecule has 5 rings (SSSR count). The van der Waals surface area contributed by atoms with Crippen LogP contribution in [0.15, 0.2) is 24.3 Å². The van der Waals surface area contributed by atoms with Crippen LogP contribution in [0.4, 0.5) is 5.82 Å². The number of nitrogens with two attached hydrogens (primary N) is 1. The van der Waals surface area contributed by atoms with E-state index in [0.29, 0.717) is 11.2 Å². The van der Waals surface area contributed by atoms with Gasteiger partial charge in [-0.2, -0.15) is 5.26 Å². The molecule has 1 amide bonds. The number of fused-ring (bicyclic) bond motifs is 4. The second kappa shape index (κ2) is 6.99. The number of primary amides is 1. The Morgan fingerprint density at radius 2 is 1.89 bits per heavy atom. The molecule has 3 heterocycles. The third-order valence-corrected chi connectivity index (χ3v) is 6.01. The van der Waals surface area contributed by atoms with Gasteiger partial charge in [0.15, 0.2) is 5.65 Å². The van der Waals surface area contributed by atoms with Crippen LogP contribution in [0, 0.1) is 17.2 Å². The lowest BCUT2D eigenvalue weighted by Crippen LogP contribution is -2.35. The molecule has 2 aromatic heterocycles. The van der Waals surface area contributed by atoms with E-state index in [1.54, 1.807) is 0 Å². The molecule has 0 bridgehead atoms. The highest BCUT2D eigenvalue weighted by molar-refractivity contribution is 6.03. The van der Waals surface area contributed by atoms with Gasteiger partial charge in [0, 0.05) is 19.0 Å². The number of nitrogens with zero attached hydrogens (tertiary/aromatic N) is 4. The molecule has 0 atom stereocenters. The third kappa shape index (κ3) is 2.61. The van der Waals surface area contributed by atoms with E-state index in [1.165, 1.54) is 5.56 Å². The van der Waals surface area contributed by atoms with Crippen molar-refractivity contribution in [1.29, 1.82) is 5.26 Å². The van der Waals surface area contributed by atoms with Gasteiger partial charge in [0.05, 0.1) is 22.7 Å². The Morgan fingerprint density at radius 3 is 2.61 bits per heavy atom. The molecule has 2 N–H and O–H groups in total. The van der Waals surface area contributed by atoms with E-state index >= 15 is 0 Å². The summed E-state index contributed by atoms with van der Waals surface area (Å²) in [6.07, 6.45) is 4.59. The minimum atomic E-state index is -0.400. The average Bonchev–Trinajstić information content (AvgIpc) is 3.30. The van der Waals surface area contributed by atoms with Crippen molar-refractivity contribution in [3.63, 3.8) is 0 Å². The summed E-state index contributed by atoms with van der Waals surface area (Å²) >= 11 is 0. The number of para-hydroxylation sites is 2. The molecule has 1 fully saturated rings. The molecule has 0 unspecified atom stereocenters. The molecular weight excluding hydrogens is 374 g/mol. The number of piperidine rings is 1. The summed E-state index contributed by atoms with van der Waals surface area (Å²) in [5.74, 6) is 0.880. The minimum Gasteiger partial charge on any atom is -0.365 e. The largest absolute Gasteiger partial charge is 0.365 e. The highest BCUT2D eigenvalue weighted by Crippen LogP contribution is 2.39. The van der Waals surface area contributed by atoms with Crippen molar-refractivity contribution in [2.45, 2.75) is 32.1 Å². The molecule has 1 saturated heterocycles. The Morgan fingerprint density at radius 1 is 1.18 bits per heavy atom. The maximum Gasteiger partial charge on any atom is 0.252 e. The van der Waals surface area contributed by atoms with Gasteiger partial charge in [0.1, 0.15) is 5.82 Å². The number of amides is 1. The van der Waals surface area contributed by atoms with Gasteiger partial charge in [-0.1, -0.05) is 12.1 Å². The zero-order valence-corrected chi connectivity index (χ0v) is 16.3. The van der Waals surface area contributed by atoms with E-state index in [1.807, 2.05) is 24.3 Å². The number of aromatic nitrogens is 2. The summed E-state index contributed by atoms with van der Waals surface area (Å²) in [5, 5.41) is 9.25. The van der Waals surface area contributed by atoms with Crippen molar-refractivity contribution in [2.75, 3.05) is 18.0 Å². The summed E-state index contributed by atoms with van der Waals surface area (Å²) in [6, 6.07) is 10.4. The molecule has 0 saturated carbocycles. The number of anilines is 1. The van der Waals surface area contributed by atoms with Gasteiger partial charge < -0.3 is 10.6 Å². The Bertz CT molecular complexity index is 1120. The maximum absolute atomic E-state index is 12.3. The summed E-state index contributed by atoms with van der Waals surface area (Å²) in [5.41, 5.74) is 11.2. The minimum absolute atomic E-state index is 0. The van der Waals surface area contributed by atoms with Crippen molar-refractivity contribution in [3.05, 3.63) is 41.0 Å². The van der Waals surface area contributed by atoms with Gasteiger partial charge in [-0.3, -0.25) is 9.20 Å². The van der Waals surface area contributed by atoms with Crippen molar-refractivity contribution in [3.8, 4) is 6.07 Å². The number of hydrogen-bond donors (Lipinski definition) is 1. The molecule has 144 valence electrons. The molecule has 7 heteroatoms. The van der Waals surface area contributed by atoms with Crippen LogP contribution in [0.3, 0.4) is 0 Å². The number of rotatable bonds is 2. The highest BCUT2D eigenvalue weighted by Gasteiger charge is 2.31. The number of imidazole rings is 1. The normalized spacial score (nSPS) is 16.8. The second-order valence-electron chi connectivity index (χ2n) is 7.52. The molecule has 1 aliphatic carbocycles. The van der Waals surface area contributed by atoms with Crippen molar-refractivity contribution in [2.24, 2.45) is 11.7 Å². The topological polar surface area (TPSA) is 87.4 Å². The van der Waals surface area contributed by atoms with Crippen LogP contribution in [0.5, 0.6) is 0 Å². The number of carbonyl (C=O) groups is 1. The molecule has 0 radical (unpaired) electrons. The summed E-state index contributed by atoms with van der Waals surface area (Å²) in [7, 11) is 0. The molecular formula is C21H22ClN5O. The lowest BCUT2D eigenvalue weighted by molar-refractivity contribution is 0.100. The first-order valence-electron chi connectivity index (χ1n) is 9.58. The van der Waals surface area contributed by atoms with Crippen molar-refractivity contribution in [1.82, 2.24) is 9.38 Å². The standard InChI is InChI=1S/C21H21N5O.ClH/c22-12-13-8-10-25(11-9-13)21-15-5-3-4-14(15)18(19(23)27)20-24-16-6-1-2-7-17(16)26(20)21;/h1-2,6-7,13H,3-5,8-11H2,(H2,23,27);1H. The van der Waals surface area contributed by atoms with Crippen LogP contribution in [0.2, 0.25) is 0 Å². The fourth-order valence-corrected chi connectivity index (χ4v) is 4.76. The van der Waals surface area contributed by atoms with E-state index in [4.69, 9.17) is 10.7 Å². The third-order valence-electron chi connectivity index (χ3n) is 6.01. The van der Waals surface area contributed by atoms with E-state index in [0.717, 1.165) is 67.6 Å². The maximum atomic E-state index is 12.3. The zero-order chi connectivity index (χ0) is 18.5. The number of halogens is 1. The van der Waals surface area contributed by atoms with Crippen LogP contribution in [0.25, 0.3) is 16.7 Å². The number of carbonyl (C=O) groups excluding carboxylic acids is 1. The smallest absolute Gasteiger partial charge is 0.252 e. The average molecular weight is 396 g/mol. The van der Waals surface area contributed by atoms with Gasteiger partial charge in [0.2, 0.25) is 0 Å². The van der Waals surface area contributed by atoms with Crippen LogP contribution in [-0.4, -0.2) is 28.4 Å². The van der Waals surface area contributed by atoms with Gasteiger partial charge >= 0.3 is 0 Å². The van der Waals surface area contributed by atoms with E-state index in [2.05, 4.69) is 15.4 Å². The SMILES string of the molecule is Cl.N#CC1CCN(c2c3c(c(C(N)=O)c4nc5ccccc5n24)CCC3)CC1. The van der Waals surface area contributed by atoms with E-state index < -0.39 is 5.91 Å². The molecule has 3 aromatic rings. The lowest BCUT2D eigenvalue weighted by Gasteiger charge is -2.33. The molecule has 28 heavy (non-hydrogen) atoms. The zero-order valence-electron chi connectivity index (χ0n) is 15.5. The van der Waals surface area contributed by atoms with Crippen molar-refractivity contribution < 1.29 is 4.79 Å². The predicted molar refractivity (Wildman–Crippen MR) is 111 cm³/mol. The van der Waals surface area contributed by atoms with Crippen LogP contribution < -0.4 is 10.6 Å². The van der Waals surface area contributed by atoms with Crippen LogP contribution >= 0.6 is 12.4 Å². The van der Waals surface area contributed by atoms with Gasteiger partial charge in [-0.15, -0.1) is 12.4 Å². The van der Waals surface area contributed by atoms with E-state index in [-0.39, 0.29) is 18.3 Å². The molecule has 6 nitrogen and oxygen atoms in total. The summed E-state index contributed by atoms with van der Waals surface area (Å²) < 4.78 is 2.13. The lowest BCUT2D eigenvalue weighted by atomic mass is 9.97.